The fraction of sp³-hybridized carbons (Fsp3) is 0.375. The molecule has 1 aliphatic carbocycles. The van der Waals surface area contributed by atoms with Gasteiger partial charge < -0.3 is 5.32 Å². The number of benzene rings is 1. The Balaban J connectivity index is 1.85. The number of hydrogen-bond donors (Lipinski definition) is 1. The van der Waals surface area contributed by atoms with Gasteiger partial charge in [0.1, 0.15) is 0 Å². The van der Waals surface area contributed by atoms with Crippen molar-refractivity contribution in [3.63, 3.8) is 0 Å². The molecule has 4 heteroatoms. The molecule has 1 N–H and O–H groups in total. The number of para-hydroxylation sites is 1. The summed E-state index contributed by atoms with van der Waals surface area (Å²) in [5.74, 6) is -0.0225. The average Bonchev–Trinajstić information content (AvgIpc) is 2.49. The highest BCUT2D eigenvalue weighted by Gasteiger charge is 2.25. The molecule has 3 nitrogen and oxygen atoms in total. The van der Waals surface area contributed by atoms with Crippen LogP contribution in [0.4, 0.5) is 0 Å². The number of alkyl halides is 1. The van der Waals surface area contributed by atoms with E-state index in [0.29, 0.717) is 10.4 Å². The van der Waals surface area contributed by atoms with Crippen LogP contribution in [0.3, 0.4) is 0 Å². The largest absolute Gasteiger partial charge is 0.348 e. The van der Waals surface area contributed by atoms with Crippen LogP contribution in [-0.4, -0.2) is 21.8 Å². The smallest absolute Gasteiger partial charge is 0.253 e. The van der Waals surface area contributed by atoms with E-state index in [4.69, 9.17) is 0 Å². The highest BCUT2D eigenvalue weighted by molar-refractivity contribution is 9.09. The number of hydrogen-bond acceptors (Lipinski definition) is 2. The number of carbonyl (C=O) groups is 1. The predicted octanol–water partition coefficient (Wildman–Crippen LogP) is 3.67. The number of nitrogens with zero attached hydrogens (tertiary/aromatic N) is 1. The molecule has 1 saturated carbocycles. The van der Waals surface area contributed by atoms with Gasteiger partial charge in [-0.05, 0) is 25.0 Å². The maximum absolute atomic E-state index is 12.5. The molecule has 2 unspecified atom stereocenters. The van der Waals surface area contributed by atoms with E-state index in [0.717, 1.165) is 23.7 Å². The summed E-state index contributed by atoms with van der Waals surface area (Å²) in [6.07, 6.45) is 6.31. The van der Waals surface area contributed by atoms with E-state index in [2.05, 4.69) is 26.2 Å². The Morgan fingerprint density at radius 3 is 2.85 bits per heavy atom. The zero-order valence-electron chi connectivity index (χ0n) is 11.2. The highest BCUT2D eigenvalue weighted by Crippen LogP contribution is 2.25. The molecule has 3 rings (SSSR count). The Hall–Kier alpha value is -1.42. The van der Waals surface area contributed by atoms with E-state index in [9.17, 15) is 4.79 Å². The van der Waals surface area contributed by atoms with Crippen LogP contribution in [-0.2, 0) is 0 Å². The van der Waals surface area contributed by atoms with Gasteiger partial charge in [0.25, 0.3) is 5.91 Å². The third kappa shape index (κ3) is 2.70. The molecule has 0 aliphatic heterocycles. The summed E-state index contributed by atoms with van der Waals surface area (Å²) < 4.78 is 0. The first-order valence-corrected chi connectivity index (χ1v) is 7.96. The molecule has 1 fully saturated rings. The maximum atomic E-state index is 12.5. The van der Waals surface area contributed by atoms with Gasteiger partial charge in [0.2, 0.25) is 0 Å². The zero-order chi connectivity index (χ0) is 13.9. The van der Waals surface area contributed by atoms with Crippen LogP contribution < -0.4 is 5.32 Å². The standard InChI is InChI=1S/C16H17BrN2O/c17-13-8-1-2-9-14(13)19-16(20)12-7-3-5-11-6-4-10-18-15(11)12/h3-7,10,13-14H,1-2,8-9H2,(H,19,20). The molecule has 1 amide bonds. The molecule has 1 heterocycles. The number of fused-ring (bicyclic) bond motifs is 1. The van der Waals surface area contributed by atoms with Crippen molar-refractivity contribution in [1.29, 1.82) is 0 Å². The maximum Gasteiger partial charge on any atom is 0.253 e. The molecule has 1 aromatic carbocycles. The van der Waals surface area contributed by atoms with Gasteiger partial charge in [0, 0.05) is 22.5 Å². The second kappa shape index (κ2) is 5.92. The van der Waals surface area contributed by atoms with E-state index in [-0.39, 0.29) is 11.9 Å². The number of halogens is 1. The van der Waals surface area contributed by atoms with E-state index >= 15 is 0 Å². The Morgan fingerprint density at radius 1 is 1.20 bits per heavy atom. The summed E-state index contributed by atoms with van der Waals surface area (Å²) in [5, 5.41) is 4.15. The number of amides is 1. The van der Waals surface area contributed by atoms with Crippen LogP contribution in [0.2, 0.25) is 0 Å². The monoisotopic (exact) mass is 332 g/mol. The molecular weight excluding hydrogens is 316 g/mol. The van der Waals surface area contributed by atoms with Gasteiger partial charge in [0.15, 0.2) is 0 Å². The van der Waals surface area contributed by atoms with E-state index < -0.39 is 0 Å². The van der Waals surface area contributed by atoms with E-state index in [1.807, 2.05) is 30.3 Å². The lowest BCUT2D eigenvalue weighted by molar-refractivity contribution is 0.0931. The van der Waals surface area contributed by atoms with Gasteiger partial charge in [-0.1, -0.05) is 47.0 Å². The molecule has 1 aliphatic rings. The Labute approximate surface area is 126 Å². The molecular formula is C16H17BrN2O. The zero-order valence-corrected chi connectivity index (χ0v) is 12.8. The highest BCUT2D eigenvalue weighted by atomic mass is 79.9. The van der Waals surface area contributed by atoms with E-state index in [1.54, 1.807) is 6.20 Å². The summed E-state index contributed by atoms with van der Waals surface area (Å²) in [6, 6.07) is 9.82. The minimum atomic E-state index is -0.0225. The normalized spacial score (nSPS) is 22.6. The number of pyridine rings is 1. The van der Waals surface area contributed by atoms with Crippen LogP contribution >= 0.6 is 15.9 Å². The van der Waals surface area contributed by atoms with Crippen molar-refractivity contribution < 1.29 is 4.79 Å². The second-order valence-electron chi connectivity index (χ2n) is 5.26. The average molecular weight is 333 g/mol. The number of carbonyl (C=O) groups excluding carboxylic acids is 1. The van der Waals surface area contributed by atoms with E-state index in [1.165, 1.54) is 12.8 Å². The Morgan fingerprint density at radius 2 is 2.00 bits per heavy atom. The molecule has 104 valence electrons. The Kier molecular flexibility index (Phi) is 4.01. The van der Waals surface area contributed by atoms with Crippen molar-refractivity contribution in [2.75, 3.05) is 0 Å². The van der Waals surface area contributed by atoms with Crippen LogP contribution in [0, 0.1) is 0 Å². The summed E-state index contributed by atoms with van der Waals surface area (Å²) in [4.78, 5) is 17.2. The van der Waals surface area contributed by atoms with Gasteiger partial charge >= 0.3 is 0 Å². The summed E-state index contributed by atoms with van der Waals surface area (Å²) >= 11 is 3.68. The summed E-state index contributed by atoms with van der Waals surface area (Å²) in [6.45, 7) is 0. The van der Waals surface area contributed by atoms with Crippen LogP contribution in [0.5, 0.6) is 0 Å². The van der Waals surface area contributed by atoms with Gasteiger partial charge in [-0.2, -0.15) is 0 Å². The van der Waals surface area contributed by atoms with Crippen molar-refractivity contribution >= 4 is 32.7 Å². The first-order chi connectivity index (χ1) is 9.75. The van der Waals surface area contributed by atoms with Crippen LogP contribution in [0.1, 0.15) is 36.0 Å². The van der Waals surface area contributed by atoms with Crippen molar-refractivity contribution in [2.45, 2.75) is 36.6 Å². The first kappa shape index (κ1) is 13.6. The molecule has 0 radical (unpaired) electrons. The number of aromatic nitrogens is 1. The van der Waals surface area contributed by atoms with Gasteiger partial charge in [-0.3, -0.25) is 9.78 Å². The van der Waals surface area contributed by atoms with Crippen molar-refractivity contribution in [3.05, 3.63) is 42.1 Å². The quantitative estimate of drug-likeness (QED) is 0.852. The van der Waals surface area contributed by atoms with Gasteiger partial charge in [0.05, 0.1) is 11.1 Å². The van der Waals surface area contributed by atoms with Crippen LogP contribution in [0.15, 0.2) is 36.5 Å². The lowest BCUT2D eigenvalue weighted by Gasteiger charge is -2.28. The molecule has 0 spiro atoms. The number of rotatable bonds is 2. The summed E-state index contributed by atoms with van der Waals surface area (Å²) in [7, 11) is 0. The molecule has 0 saturated heterocycles. The fourth-order valence-corrected chi connectivity index (χ4v) is 3.50. The van der Waals surface area contributed by atoms with Gasteiger partial charge in [-0.15, -0.1) is 0 Å². The predicted molar refractivity (Wildman–Crippen MR) is 84.2 cm³/mol. The molecule has 0 bridgehead atoms. The third-order valence-corrected chi connectivity index (χ3v) is 4.97. The lowest BCUT2D eigenvalue weighted by atomic mass is 9.95. The van der Waals surface area contributed by atoms with Gasteiger partial charge in [-0.25, -0.2) is 0 Å². The fourth-order valence-electron chi connectivity index (χ4n) is 2.78. The van der Waals surface area contributed by atoms with Crippen molar-refractivity contribution in [1.82, 2.24) is 10.3 Å². The second-order valence-corrected chi connectivity index (χ2v) is 6.44. The molecule has 20 heavy (non-hydrogen) atoms. The SMILES string of the molecule is O=C(NC1CCCCC1Br)c1cccc2cccnc12. The summed E-state index contributed by atoms with van der Waals surface area (Å²) in [5.41, 5.74) is 1.43. The minimum Gasteiger partial charge on any atom is -0.348 e. The minimum absolute atomic E-state index is 0.0225. The first-order valence-electron chi connectivity index (χ1n) is 7.04. The van der Waals surface area contributed by atoms with Crippen LogP contribution in [0.25, 0.3) is 10.9 Å². The molecule has 2 atom stereocenters. The Bertz CT molecular complexity index is 623. The number of nitrogens with one attached hydrogen (secondary N) is 1. The molecule has 1 aromatic heterocycles. The lowest BCUT2D eigenvalue weighted by Crippen LogP contribution is -2.42. The third-order valence-electron chi connectivity index (χ3n) is 3.88. The van der Waals surface area contributed by atoms with Crippen molar-refractivity contribution in [3.8, 4) is 0 Å². The van der Waals surface area contributed by atoms with Crippen molar-refractivity contribution in [2.24, 2.45) is 0 Å². The molecule has 2 aromatic rings. The topological polar surface area (TPSA) is 42.0 Å².